The minimum atomic E-state index is 0.637. The number of benzene rings is 1. The molecule has 1 aliphatic rings. The summed E-state index contributed by atoms with van der Waals surface area (Å²) in [5.74, 6) is 1.20. The molecule has 2 aromatic rings. The number of thioether (sulfide) groups is 1. The van der Waals surface area contributed by atoms with Gasteiger partial charge in [-0.1, -0.05) is 6.07 Å². The number of carbonyl (C=O) groups excluding carboxylic acids is 1. The number of imidazole rings is 1. The highest BCUT2D eigenvalue weighted by Crippen LogP contribution is 2.33. The summed E-state index contributed by atoms with van der Waals surface area (Å²) in [7, 11) is 1.84. The Bertz CT molecular complexity index is 604. The Balaban J connectivity index is 2.09. The zero-order valence-electron chi connectivity index (χ0n) is 10.2. The van der Waals surface area contributed by atoms with E-state index >= 15 is 0 Å². The maximum atomic E-state index is 11.1. The zero-order valence-corrected chi connectivity index (χ0v) is 11.0. The molecule has 18 heavy (non-hydrogen) atoms. The summed E-state index contributed by atoms with van der Waals surface area (Å²) in [6, 6.07) is 6.39. The van der Waals surface area contributed by atoms with Gasteiger partial charge in [0, 0.05) is 17.5 Å². The van der Waals surface area contributed by atoms with Gasteiger partial charge in [-0.25, -0.2) is 4.98 Å². The van der Waals surface area contributed by atoms with Crippen molar-refractivity contribution >= 4 is 18.0 Å². The Kier molecular flexibility index (Phi) is 2.96. The lowest BCUT2D eigenvalue weighted by Crippen LogP contribution is -1.99. The van der Waals surface area contributed by atoms with Crippen LogP contribution in [0.2, 0.25) is 0 Å². The standard InChI is InChI=1S/C14H14N2OS/c1-16-9-15-14(12(16)8-17)11-4-5-13-10(7-11)3-2-6-18-13/h4-5,7-9H,2-3,6H2,1H3. The number of aromatic nitrogens is 2. The van der Waals surface area contributed by atoms with Gasteiger partial charge in [0.15, 0.2) is 6.29 Å². The third-order valence-electron chi connectivity index (χ3n) is 3.28. The summed E-state index contributed by atoms with van der Waals surface area (Å²) in [5, 5.41) is 0. The van der Waals surface area contributed by atoms with E-state index in [-0.39, 0.29) is 0 Å². The average molecular weight is 258 g/mol. The molecule has 3 nitrogen and oxygen atoms in total. The monoisotopic (exact) mass is 258 g/mol. The van der Waals surface area contributed by atoms with Crippen LogP contribution in [0.5, 0.6) is 0 Å². The Morgan fingerprint density at radius 1 is 1.44 bits per heavy atom. The molecule has 1 aromatic carbocycles. The molecule has 0 saturated carbocycles. The minimum absolute atomic E-state index is 0.637. The highest BCUT2D eigenvalue weighted by Gasteiger charge is 2.14. The van der Waals surface area contributed by atoms with E-state index in [2.05, 4.69) is 23.2 Å². The second-order valence-corrected chi connectivity index (χ2v) is 5.62. The molecule has 1 aromatic heterocycles. The van der Waals surface area contributed by atoms with Gasteiger partial charge in [-0.3, -0.25) is 4.79 Å². The van der Waals surface area contributed by atoms with Crippen LogP contribution in [0.15, 0.2) is 29.4 Å². The molecule has 2 heterocycles. The van der Waals surface area contributed by atoms with E-state index in [1.807, 2.05) is 18.8 Å². The SMILES string of the molecule is Cn1cnc(-c2ccc3c(c2)CCCS3)c1C=O. The molecule has 3 rings (SSSR count). The molecule has 1 aliphatic heterocycles. The van der Waals surface area contributed by atoms with Gasteiger partial charge in [0.1, 0.15) is 5.69 Å². The Labute approximate surface area is 110 Å². The van der Waals surface area contributed by atoms with Crippen LogP contribution in [0, 0.1) is 0 Å². The number of rotatable bonds is 2. The lowest BCUT2D eigenvalue weighted by atomic mass is 10.0. The number of nitrogens with zero attached hydrogens (tertiary/aromatic N) is 2. The van der Waals surface area contributed by atoms with E-state index in [0.29, 0.717) is 5.69 Å². The van der Waals surface area contributed by atoms with E-state index < -0.39 is 0 Å². The van der Waals surface area contributed by atoms with Gasteiger partial charge < -0.3 is 4.57 Å². The number of fused-ring (bicyclic) bond motifs is 1. The fourth-order valence-electron chi connectivity index (χ4n) is 2.31. The third-order valence-corrected chi connectivity index (χ3v) is 4.48. The predicted octanol–water partition coefficient (Wildman–Crippen LogP) is 2.94. The zero-order chi connectivity index (χ0) is 12.5. The second kappa shape index (κ2) is 4.61. The van der Waals surface area contributed by atoms with Crippen molar-refractivity contribution < 1.29 is 4.79 Å². The summed E-state index contributed by atoms with van der Waals surface area (Å²) in [6.07, 6.45) is 4.91. The Morgan fingerprint density at radius 2 is 2.33 bits per heavy atom. The molecule has 0 radical (unpaired) electrons. The number of carbonyl (C=O) groups is 1. The normalized spacial score (nSPS) is 14.3. The highest BCUT2D eigenvalue weighted by molar-refractivity contribution is 7.99. The summed E-state index contributed by atoms with van der Waals surface area (Å²) in [4.78, 5) is 16.8. The summed E-state index contributed by atoms with van der Waals surface area (Å²) >= 11 is 1.91. The Hall–Kier alpha value is -1.55. The molecule has 0 spiro atoms. The van der Waals surface area contributed by atoms with E-state index in [9.17, 15) is 4.79 Å². The first-order valence-corrected chi connectivity index (χ1v) is 7.01. The van der Waals surface area contributed by atoms with Crippen molar-refractivity contribution in [3.8, 4) is 11.3 Å². The van der Waals surface area contributed by atoms with Gasteiger partial charge >= 0.3 is 0 Å². The molecule has 4 heteroatoms. The van der Waals surface area contributed by atoms with Gasteiger partial charge in [-0.05, 0) is 36.3 Å². The van der Waals surface area contributed by atoms with E-state index in [1.54, 1.807) is 10.9 Å². The van der Waals surface area contributed by atoms with E-state index in [1.165, 1.54) is 22.6 Å². The molecule has 0 unspecified atom stereocenters. The first-order valence-electron chi connectivity index (χ1n) is 6.02. The molecule has 0 N–H and O–H groups in total. The van der Waals surface area contributed by atoms with Crippen molar-refractivity contribution in [1.29, 1.82) is 0 Å². The number of aldehydes is 1. The van der Waals surface area contributed by atoms with Gasteiger partial charge in [0.2, 0.25) is 0 Å². The molecule has 0 fully saturated rings. The quantitative estimate of drug-likeness (QED) is 0.777. The second-order valence-electron chi connectivity index (χ2n) is 4.48. The van der Waals surface area contributed by atoms with Gasteiger partial charge in [0.05, 0.1) is 12.0 Å². The summed E-state index contributed by atoms with van der Waals surface area (Å²) < 4.78 is 1.76. The van der Waals surface area contributed by atoms with Crippen LogP contribution >= 0.6 is 11.8 Å². The lowest BCUT2D eigenvalue weighted by Gasteiger charge is -2.15. The predicted molar refractivity (Wildman–Crippen MR) is 73.1 cm³/mol. The molecule has 0 saturated heterocycles. The van der Waals surface area contributed by atoms with Crippen LogP contribution < -0.4 is 0 Å². The highest BCUT2D eigenvalue weighted by atomic mass is 32.2. The van der Waals surface area contributed by atoms with Crippen LogP contribution in [0.4, 0.5) is 0 Å². The van der Waals surface area contributed by atoms with Gasteiger partial charge in [-0.15, -0.1) is 11.8 Å². The topological polar surface area (TPSA) is 34.9 Å². The number of aryl methyl sites for hydroxylation is 2. The van der Waals surface area contributed by atoms with Crippen LogP contribution in [-0.4, -0.2) is 21.6 Å². The largest absolute Gasteiger partial charge is 0.331 e. The summed E-state index contributed by atoms with van der Waals surface area (Å²) in [6.45, 7) is 0. The third kappa shape index (κ3) is 1.86. The molecule has 0 bridgehead atoms. The van der Waals surface area contributed by atoms with Crippen LogP contribution in [0.25, 0.3) is 11.3 Å². The lowest BCUT2D eigenvalue weighted by molar-refractivity contribution is 0.111. The fourth-order valence-corrected chi connectivity index (χ4v) is 3.33. The van der Waals surface area contributed by atoms with E-state index in [0.717, 1.165) is 24.0 Å². The van der Waals surface area contributed by atoms with Crippen molar-refractivity contribution in [2.75, 3.05) is 5.75 Å². The number of hydrogen-bond acceptors (Lipinski definition) is 3. The van der Waals surface area contributed by atoms with Gasteiger partial charge in [-0.2, -0.15) is 0 Å². The molecule has 92 valence electrons. The van der Waals surface area contributed by atoms with Crippen molar-refractivity contribution in [2.45, 2.75) is 17.7 Å². The maximum absolute atomic E-state index is 11.1. The molecule has 0 aliphatic carbocycles. The van der Waals surface area contributed by atoms with Crippen LogP contribution in [0.1, 0.15) is 22.5 Å². The number of hydrogen-bond donors (Lipinski definition) is 0. The molecule has 0 atom stereocenters. The molecule has 0 amide bonds. The van der Waals surface area contributed by atoms with Crippen molar-refractivity contribution in [3.05, 3.63) is 35.8 Å². The van der Waals surface area contributed by atoms with Crippen molar-refractivity contribution in [2.24, 2.45) is 7.05 Å². The average Bonchev–Trinajstić information content (AvgIpc) is 2.79. The van der Waals surface area contributed by atoms with Crippen LogP contribution in [0.3, 0.4) is 0 Å². The smallest absolute Gasteiger partial charge is 0.168 e. The Morgan fingerprint density at radius 3 is 3.17 bits per heavy atom. The van der Waals surface area contributed by atoms with Crippen LogP contribution in [-0.2, 0) is 13.5 Å². The van der Waals surface area contributed by atoms with Crippen molar-refractivity contribution in [3.63, 3.8) is 0 Å². The maximum Gasteiger partial charge on any atom is 0.168 e. The summed E-state index contributed by atoms with van der Waals surface area (Å²) in [5.41, 5.74) is 3.84. The fraction of sp³-hybridized carbons (Fsp3) is 0.286. The van der Waals surface area contributed by atoms with Crippen molar-refractivity contribution in [1.82, 2.24) is 9.55 Å². The minimum Gasteiger partial charge on any atom is -0.331 e. The van der Waals surface area contributed by atoms with E-state index in [4.69, 9.17) is 0 Å². The molecular weight excluding hydrogens is 244 g/mol. The first-order chi connectivity index (χ1) is 8.79. The first kappa shape index (κ1) is 11.5. The van der Waals surface area contributed by atoms with Gasteiger partial charge in [0.25, 0.3) is 0 Å². The molecular formula is C14H14N2OS.